The minimum atomic E-state index is -0.366. The number of carbonyl (C=O) groups is 1. The van der Waals surface area contributed by atoms with E-state index in [-0.39, 0.29) is 24.9 Å². The number of nitrogens with zero attached hydrogens (tertiary/aromatic N) is 1. The molecule has 0 atom stereocenters. The second kappa shape index (κ2) is 12.8. The van der Waals surface area contributed by atoms with E-state index < -0.39 is 0 Å². The summed E-state index contributed by atoms with van der Waals surface area (Å²) in [4.78, 5) is 12.1. The highest BCUT2D eigenvalue weighted by Gasteiger charge is 2.18. The molecule has 1 aliphatic rings. The Kier molecular flexibility index (Phi) is 9.53. The second-order valence-electron chi connectivity index (χ2n) is 7.42. The van der Waals surface area contributed by atoms with Crippen LogP contribution in [-0.4, -0.2) is 30.2 Å². The van der Waals surface area contributed by atoms with Crippen molar-refractivity contribution in [1.29, 1.82) is 0 Å². The molecule has 35 heavy (non-hydrogen) atoms. The Morgan fingerprint density at radius 3 is 2.43 bits per heavy atom. The fraction of sp³-hybridized carbons (Fsp3) is 0.200. The zero-order valence-electron chi connectivity index (χ0n) is 18.4. The van der Waals surface area contributed by atoms with Crippen molar-refractivity contribution in [1.82, 2.24) is 5.43 Å². The van der Waals surface area contributed by atoms with E-state index >= 15 is 0 Å². The molecule has 0 spiro atoms. The maximum atomic E-state index is 13.8. The summed E-state index contributed by atoms with van der Waals surface area (Å²) in [6.45, 7) is -0.0472. The quantitative estimate of drug-likeness (QED) is 0.203. The maximum absolute atomic E-state index is 13.8. The van der Waals surface area contributed by atoms with Gasteiger partial charge in [0, 0.05) is 17.1 Å². The number of carbonyl (C=O) groups excluding carboxylic acids is 1. The number of hydrazone groups is 1. The Bertz CT molecular complexity index is 1180. The van der Waals surface area contributed by atoms with Crippen LogP contribution in [-0.2, 0) is 11.4 Å². The van der Waals surface area contributed by atoms with Gasteiger partial charge in [-0.25, -0.2) is 9.82 Å². The number of benzene rings is 3. The number of hydrogen-bond donors (Lipinski definition) is 1. The first-order valence-electron chi connectivity index (χ1n) is 10.6. The van der Waals surface area contributed by atoms with Gasteiger partial charge >= 0.3 is 0 Å². The molecule has 0 aromatic heterocycles. The Morgan fingerprint density at radius 1 is 1.06 bits per heavy atom. The number of amides is 1. The van der Waals surface area contributed by atoms with Crippen molar-refractivity contribution in [2.75, 3.05) is 18.1 Å². The third-order valence-electron chi connectivity index (χ3n) is 4.90. The van der Waals surface area contributed by atoms with Crippen LogP contribution in [0.3, 0.4) is 0 Å². The van der Waals surface area contributed by atoms with Crippen LogP contribution in [0.15, 0.2) is 74.7 Å². The smallest absolute Gasteiger partial charge is 0.277 e. The van der Waals surface area contributed by atoms with Crippen LogP contribution >= 0.6 is 55.4 Å². The molecular formula is C25H21Br2FN2O3S2. The fourth-order valence-corrected chi connectivity index (χ4v) is 7.50. The van der Waals surface area contributed by atoms with Crippen molar-refractivity contribution in [3.63, 3.8) is 0 Å². The van der Waals surface area contributed by atoms with E-state index in [1.54, 1.807) is 30.3 Å². The first-order valence-corrected chi connectivity index (χ1v) is 14.3. The highest BCUT2D eigenvalue weighted by Crippen LogP contribution is 2.45. The number of halogens is 3. The van der Waals surface area contributed by atoms with Crippen LogP contribution in [0.4, 0.5) is 4.39 Å². The molecule has 0 aliphatic carbocycles. The summed E-state index contributed by atoms with van der Waals surface area (Å²) in [5.41, 5.74) is 4.91. The third-order valence-corrected chi connectivity index (χ3v) is 9.18. The van der Waals surface area contributed by atoms with Gasteiger partial charge in [-0.3, -0.25) is 4.79 Å². The van der Waals surface area contributed by atoms with Crippen molar-refractivity contribution < 1.29 is 18.7 Å². The van der Waals surface area contributed by atoms with Crippen LogP contribution in [0.1, 0.15) is 21.3 Å². The topological polar surface area (TPSA) is 59.9 Å². The summed E-state index contributed by atoms with van der Waals surface area (Å²) in [6.07, 6.45) is 1.51. The molecule has 1 N–H and O–H groups in total. The average Bonchev–Trinajstić information content (AvgIpc) is 3.39. The Morgan fingerprint density at radius 2 is 1.74 bits per heavy atom. The maximum Gasteiger partial charge on any atom is 0.277 e. The van der Waals surface area contributed by atoms with Gasteiger partial charge in [-0.05, 0) is 73.3 Å². The first-order chi connectivity index (χ1) is 17.0. The number of nitrogens with one attached hydrogen (secondary N) is 1. The number of thioether (sulfide) groups is 2. The zero-order chi connectivity index (χ0) is 24.6. The summed E-state index contributed by atoms with van der Waals surface area (Å²) < 4.78 is 27.0. The van der Waals surface area contributed by atoms with Crippen LogP contribution in [0.5, 0.6) is 11.5 Å². The normalized spacial score (nSPS) is 13.8. The van der Waals surface area contributed by atoms with E-state index in [0.29, 0.717) is 30.6 Å². The van der Waals surface area contributed by atoms with Crippen LogP contribution < -0.4 is 14.9 Å². The summed E-state index contributed by atoms with van der Waals surface area (Å²) in [7, 11) is 0. The lowest BCUT2D eigenvalue weighted by atomic mass is 10.2. The van der Waals surface area contributed by atoms with Gasteiger partial charge in [0.05, 0.1) is 19.7 Å². The van der Waals surface area contributed by atoms with Gasteiger partial charge in [0.25, 0.3) is 5.91 Å². The highest BCUT2D eigenvalue weighted by molar-refractivity contribution is 9.11. The van der Waals surface area contributed by atoms with E-state index in [1.807, 2.05) is 47.8 Å². The molecule has 3 aromatic carbocycles. The summed E-state index contributed by atoms with van der Waals surface area (Å²) in [5, 5.41) is 4.00. The van der Waals surface area contributed by atoms with Crippen LogP contribution in [0.25, 0.3) is 0 Å². The molecule has 0 bridgehead atoms. The van der Waals surface area contributed by atoms with Crippen molar-refractivity contribution >= 4 is 67.5 Å². The molecule has 1 heterocycles. The molecule has 1 amide bonds. The van der Waals surface area contributed by atoms with Crippen molar-refractivity contribution in [2.24, 2.45) is 5.10 Å². The summed E-state index contributed by atoms with van der Waals surface area (Å²) in [5.74, 6) is 2.85. The lowest BCUT2D eigenvalue weighted by Gasteiger charge is -2.12. The summed E-state index contributed by atoms with van der Waals surface area (Å²) >= 11 is 10.8. The molecule has 0 radical (unpaired) electrons. The first kappa shape index (κ1) is 26.1. The molecule has 182 valence electrons. The van der Waals surface area contributed by atoms with Gasteiger partial charge in [0.2, 0.25) is 0 Å². The predicted octanol–water partition coefficient (Wildman–Crippen LogP) is 6.94. The van der Waals surface area contributed by atoms with Crippen molar-refractivity contribution in [2.45, 2.75) is 11.2 Å². The minimum absolute atomic E-state index is 0.0919. The van der Waals surface area contributed by atoms with Gasteiger partial charge in [-0.2, -0.15) is 5.10 Å². The number of ether oxygens (including phenoxy) is 2. The zero-order valence-corrected chi connectivity index (χ0v) is 23.2. The molecule has 1 aliphatic heterocycles. The number of hydrogen-bond acceptors (Lipinski definition) is 6. The van der Waals surface area contributed by atoms with Gasteiger partial charge < -0.3 is 9.47 Å². The molecule has 0 unspecified atom stereocenters. The van der Waals surface area contributed by atoms with E-state index in [2.05, 4.69) is 42.4 Å². The van der Waals surface area contributed by atoms with E-state index in [9.17, 15) is 9.18 Å². The van der Waals surface area contributed by atoms with E-state index in [1.165, 1.54) is 29.4 Å². The lowest BCUT2D eigenvalue weighted by molar-refractivity contribution is -0.123. The van der Waals surface area contributed by atoms with E-state index in [4.69, 9.17) is 9.47 Å². The standard InChI is InChI=1S/C25H21Br2FN2O3S2/c26-20-11-16(12-21(27)24(20)33-14-18-3-1-2-4-22(18)28)13-29-30-23(31)15-32-19-7-5-17(6-8-19)25-34-9-10-35-25/h1-8,11-13,25H,9-10,14-15H2,(H,30,31)/b29-13-. The Balaban J connectivity index is 1.26. The molecule has 1 saturated heterocycles. The van der Waals surface area contributed by atoms with Crippen molar-refractivity contribution in [3.05, 3.63) is 92.1 Å². The van der Waals surface area contributed by atoms with Gasteiger partial charge in [-0.15, -0.1) is 23.5 Å². The minimum Gasteiger partial charge on any atom is -0.486 e. The molecule has 0 saturated carbocycles. The SMILES string of the molecule is O=C(COc1ccc(C2SCCS2)cc1)N/N=C\c1cc(Br)c(OCc2ccccc2F)c(Br)c1. The monoisotopic (exact) mass is 638 g/mol. The Hall–Kier alpha value is -2.01. The lowest BCUT2D eigenvalue weighted by Crippen LogP contribution is -2.24. The highest BCUT2D eigenvalue weighted by atomic mass is 79.9. The largest absolute Gasteiger partial charge is 0.486 e. The molecule has 5 nitrogen and oxygen atoms in total. The molecule has 4 rings (SSSR count). The fourth-order valence-electron chi connectivity index (χ4n) is 3.19. The summed E-state index contributed by atoms with van der Waals surface area (Å²) in [6, 6.07) is 17.9. The predicted molar refractivity (Wildman–Crippen MR) is 148 cm³/mol. The van der Waals surface area contributed by atoms with Crippen LogP contribution in [0, 0.1) is 5.82 Å². The van der Waals surface area contributed by atoms with Gasteiger partial charge in [0.15, 0.2) is 6.61 Å². The number of rotatable bonds is 9. The second-order valence-corrected chi connectivity index (χ2v) is 11.9. The molecule has 1 fully saturated rings. The molecular weight excluding hydrogens is 619 g/mol. The van der Waals surface area contributed by atoms with Gasteiger partial charge in [-0.1, -0.05) is 30.3 Å². The van der Waals surface area contributed by atoms with Crippen LogP contribution in [0.2, 0.25) is 0 Å². The average molecular weight is 640 g/mol. The third kappa shape index (κ3) is 7.49. The van der Waals surface area contributed by atoms with E-state index in [0.717, 1.165) is 5.56 Å². The Labute approximate surface area is 228 Å². The van der Waals surface area contributed by atoms with Gasteiger partial charge in [0.1, 0.15) is 23.9 Å². The molecule has 3 aromatic rings. The molecule has 10 heteroatoms. The van der Waals surface area contributed by atoms with Crippen molar-refractivity contribution in [3.8, 4) is 11.5 Å².